The molecule has 0 N–H and O–H groups in total. The third-order valence-electron chi connectivity index (χ3n) is 3.77. The van der Waals surface area contributed by atoms with Crippen LogP contribution in [0.4, 0.5) is 4.39 Å². The van der Waals surface area contributed by atoms with Crippen LogP contribution in [0.25, 0.3) is 5.69 Å². The van der Waals surface area contributed by atoms with Gasteiger partial charge in [-0.3, -0.25) is 0 Å². The highest BCUT2D eigenvalue weighted by molar-refractivity contribution is 5.90. The van der Waals surface area contributed by atoms with Gasteiger partial charge in [0.05, 0.1) is 16.9 Å². The van der Waals surface area contributed by atoms with E-state index in [9.17, 15) is 9.18 Å². The number of ether oxygens (including phenoxy) is 1. The molecule has 0 amide bonds. The smallest absolute Gasteiger partial charge is 0.344 e. The highest BCUT2D eigenvalue weighted by atomic mass is 19.1. The Kier molecular flexibility index (Phi) is 4.93. The van der Waals surface area contributed by atoms with Crippen LogP contribution in [-0.2, 0) is 6.42 Å². The van der Waals surface area contributed by atoms with Gasteiger partial charge in [-0.05, 0) is 43.7 Å². The van der Waals surface area contributed by atoms with E-state index in [4.69, 9.17) is 4.74 Å². The minimum absolute atomic E-state index is 0.161. The number of esters is 1. The highest BCUT2D eigenvalue weighted by Gasteiger charge is 2.16. The zero-order valence-corrected chi connectivity index (χ0v) is 14.2. The lowest BCUT2D eigenvalue weighted by atomic mass is 10.2. The standard InChI is InChI=1S/C20H19FN2O2/c1-3-5-17-13-19(23(22-17)18-10-8-14(2)9-11-18)25-20(24)15-6-4-7-16(21)12-15/h4,6-13H,3,5H2,1-2H3. The molecule has 3 aromatic rings. The van der Waals surface area contributed by atoms with Crippen molar-refractivity contribution in [2.24, 2.45) is 0 Å². The predicted octanol–water partition coefficient (Wildman–Crippen LogP) is 4.49. The summed E-state index contributed by atoms with van der Waals surface area (Å²) in [5.41, 5.74) is 2.93. The molecule has 3 rings (SSSR count). The summed E-state index contributed by atoms with van der Waals surface area (Å²) in [6.07, 6.45) is 1.71. The second-order valence-electron chi connectivity index (χ2n) is 5.87. The van der Waals surface area contributed by atoms with Crippen LogP contribution in [0.3, 0.4) is 0 Å². The van der Waals surface area contributed by atoms with Gasteiger partial charge in [0, 0.05) is 6.07 Å². The van der Waals surface area contributed by atoms with Gasteiger partial charge >= 0.3 is 5.97 Å². The van der Waals surface area contributed by atoms with Gasteiger partial charge in [0.25, 0.3) is 0 Å². The number of aryl methyl sites for hydroxylation is 2. The van der Waals surface area contributed by atoms with Crippen molar-refractivity contribution in [3.8, 4) is 11.6 Å². The van der Waals surface area contributed by atoms with Crippen molar-refractivity contribution in [3.63, 3.8) is 0 Å². The maximum atomic E-state index is 13.3. The minimum atomic E-state index is -0.615. The number of halogens is 1. The van der Waals surface area contributed by atoms with Crippen molar-refractivity contribution >= 4 is 5.97 Å². The molecule has 0 radical (unpaired) electrons. The monoisotopic (exact) mass is 338 g/mol. The van der Waals surface area contributed by atoms with E-state index in [1.165, 1.54) is 18.2 Å². The summed E-state index contributed by atoms with van der Waals surface area (Å²) in [6.45, 7) is 4.06. The fourth-order valence-corrected chi connectivity index (χ4v) is 2.50. The number of aromatic nitrogens is 2. The van der Waals surface area contributed by atoms with Gasteiger partial charge in [-0.2, -0.15) is 5.10 Å². The Morgan fingerprint density at radius 2 is 1.92 bits per heavy atom. The molecule has 25 heavy (non-hydrogen) atoms. The van der Waals surface area contributed by atoms with Crippen molar-refractivity contribution in [2.45, 2.75) is 26.7 Å². The Morgan fingerprint density at radius 1 is 1.16 bits per heavy atom. The van der Waals surface area contributed by atoms with E-state index in [-0.39, 0.29) is 5.56 Å². The quantitative estimate of drug-likeness (QED) is 0.644. The molecule has 2 aromatic carbocycles. The van der Waals surface area contributed by atoms with Gasteiger partial charge in [0.2, 0.25) is 5.88 Å². The number of carbonyl (C=O) groups excluding carboxylic acids is 1. The zero-order valence-electron chi connectivity index (χ0n) is 14.2. The highest BCUT2D eigenvalue weighted by Crippen LogP contribution is 2.22. The molecular weight excluding hydrogens is 319 g/mol. The van der Waals surface area contributed by atoms with Gasteiger partial charge < -0.3 is 4.74 Å². The lowest BCUT2D eigenvalue weighted by Crippen LogP contribution is -2.12. The number of carbonyl (C=O) groups is 1. The zero-order chi connectivity index (χ0) is 17.8. The first kappa shape index (κ1) is 16.9. The summed E-state index contributed by atoms with van der Waals surface area (Å²) in [6, 6.07) is 14.9. The minimum Gasteiger partial charge on any atom is -0.404 e. The van der Waals surface area contributed by atoms with Gasteiger partial charge in [-0.15, -0.1) is 0 Å². The summed E-state index contributed by atoms with van der Waals surface area (Å²) in [7, 11) is 0. The van der Waals surface area contributed by atoms with Gasteiger partial charge in [0.1, 0.15) is 5.82 Å². The maximum Gasteiger partial charge on any atom is 0.344 e. The fraction of sp³-hybridized carbons (Fsp3) is 0.200. The van der Waals surface area contributed by atoms with Crippen LogP contribution in [-0.4, -0.2) is 15.7 Å². The van der Waals surface area contributed by atoms with E-state index < -0.39 is 11.8 Å². The van der Waals surface area contributed by atoms with Crippen molar-refractivity contribution in [3.05, 3.63) is 77.2 Å². The van der Waals surface area contributed by atoms with E-state index in [1.807, 2.05) is 31.2 Å². The Morgan fingerprint density at radius 3 is 2.60 bits per heavy atom. The SMILES string of the molecule is CCCc1cc(OC(=O)c2cccc(F)c2)n(-c2ccc(C)cc2)n1. The largest absolute Gasteiger partial charge is 0.404 e. The van der Waals surface area contributed by atoms with E-state index in [1.54, 1.807) is 10.7 Å². The average molecular weight is 338 g/mol. The van der Waals surface area contributed by atoms with Gasteiger partial charge in [-0.1, -0.05) is 37.1 Å². The third-order valence-corrected chi connectivity index (χ3v) is 3.77. The summed E-state index contributed by atoms with van der Waals surface area (Å²) in [5.74, 6) is -0.773. The van der Waals surface area contributed by atoms with Crippen LogP contribution >= 0.6 is 0 Å². The second-order valence-corrected chi connectivity index (χ2v) is 5.87. The molecule has 0 fully saturated rings. The fourth-order valence-electron chi connectivity index (χ4n) is 2.50. The molecule has 0 aliphatic carbocycles. The van der Waals surface area contributed by atoms with E-state index in [2.05, 4.69) is 12.0 Å². The predicted molar refractivity (Wildman–Crippen MR) is 93.7 cm³/mol. The lowest BCUT2D eigenvalue weighted by Gasteiger charge is -2.08. The van der Waals surface area contributed by atoms with Crippen LogP contribution in [0.5, 0.6) is 5.88 Å². The molecule has 0 saturated heterocycles. The second kappa shape index (κ2) is 7.30. The van der Waals surface area contributed by atoms with E-state index in [0.29, 0.717) is 5.88 Å². The summed E-state index contributed by atoms with van der Waals surface area (Å²) in [5, 5.41) is 4.53. The van der Waals surface area contributed by atoms with Gasteiger partial charge in [-0.25, -0.2) is 13.9 Å². The van der Waals surface area contributed by atoms with E-state index in [0.717, 1.165) is 35.9 Å². The summed E-state index contributed by atoms with van der Waals surface area (Å²) in [4.78, 5) is 12.3. The number of hydrogen-bond acceptors (Lipinski definition) is 3. The van der Waals surface area contributed by atoms with Crippen molar-refractivity contribution in [1.82, 2.24) is 9.78 Å². The molecule has 1 heterocycles. The molecule has 128 valence electrons. The Bertz CT molecular complexity index is 885. The van der Waals surface area contributed by atoms with Crippen molar-refractivity contribution in [1.29, 1.82) is 0 Å². The molecule has 0 bridgehead atoms. The number of benzene rings is 2. The van der Waals surface area contributed by atoms with Crippen molar-refractivity contribution < 1.29 is 13.9 Å². The first-order chi connectivity index (χ1) is 12.1. The molecule has 0 unspecified atom stereocenters. The normalized spacial score (nSPS) is 10.7. The number of rotatable bonds is 5. The average Bonchev–Trinajstić information content (AvgIpc) is 2.98. The molecule has 0 aliphatic rings. The Labute approximate surface area is 145 Å². The molecule has 1 aromatic heterocycles. The first-order valence-electron chi connectivity index (χ1n) is 8.20. The third kappa shape index (κ3) is 3.94. The number of nitrogens with zero attached hydrogens (tertiary/aromatic N) is 2. The van der Waals surface area contributed by atoms with Gasteiger partial charge in [0.15, 0.2) is 0 Å². The molecule has 0 atom stereocenters. The summed E-state index contributed by atoms with van der Waals surface area (Å²) < 4.78 is 20.4. The molecule has 5 heteroatoms. The van der Waals surface area contributed by atoms with Crippen LogP contribution in [0.1, 0.15) is 35.0 Å². The lowest BCUT2D eigenvalue weighted by molar-refractivity contribution is 0.0722. The Hall–Kier alpha value is -2.95. The molecular formula is C20H19FN2O2. The first-order valence-corrected chi connectivity index (χ1v) is 8.20. The van der Waals surface area contributed by atoms with E-state index >= 15 is 0 Å². The Balaban J connectivity index is 1.94. The molecule has 0 aliphatic heterocycles. The number of hydrogen-bond donors (Lipinski definition) is 0. The van der Waals surface area contributed by atoms with Crippen LogP contribution in [0, 0.1) is 12.7 Å². The molecule has 4 nitrogen and oxygen atoms in total. The van der Waals surface area contributed by atoms with Crippen molar-refractivity contribution in [2.75, 3.05) is 0 Å². The maximum absolute atomic E-state index is 13.3. The molecule has 0 spiro atoms. The van der Waals surface area contributed by atoms with Crippen LogP contribution in [0.15, 0.2) is 54.6 Å². The molecule has 0 saturated carbocycles. The van der Waals surface area contributed by atoms with Crippen LogP contribution in [0.2, 0.25) is 0 Å². The summed E-state index contributed by atoms with van der Waals surface area (Å²) >= 11 is 0. The van der Waals surface area contributed by atoms with Crippen LogP contribution < -0.4 is 4.74 Å². The topological polar surface area (TPSA) is 44.1 Å².